The van der Waals surface area contributed by atoms with Gasteiger partial charge >= 0.3 is 0 Å². The van der Waals surface area contributed by atoms with E-state index >= 15 is 0 Å². The number of anilines is 2. The van der Waals surface area contributed by atoms with Crippen LogP contribution in [0.2, 0.25) is 0 Å². The number of nitrogens with one attached hydrogen (secondary N) is 2. The van der Waals surface area contributed by atoms with Gasteiger partial charge in [0.2, 0.25) is 6.39 Å². The fraction of sp³-hybridized carbons (Fsp3) is 0.571. The van der Waals surface area contributed by atoms with Crippen molar-refractivity contribution in [2.45, 2.75) is 46.6 Å². The van der Waals surface area contributed by atoms with Crippen molar-refractivity contribution in [3.05, 3.63) is 23.6 Å². The van der Waals surface area contributed by atoms with Crippen LogP contribution in [0.5, 0.6) is 0 Å². The largest absolute Gasteiger partial charge is 0.370 e. The summed E-state index contributed by atoms with van der Waals surface area (Å²) in [5.74, 6) is 3.03. The predicted molar refractivity (Wildman–Crippen MR) is 81.3 cm³/mol. The molecular weight excluding hydrogens is 268 g/mol. The molecule has 2 N–H and O–H groups in total. The minimum Gasteiger partial charge on any atom is -0.370 e. The molecular formula is C14H22N6O. The monoisotopic (exact) mass is 290 g/mol. The molecule has 114 valence electrons. The van der Waals surface area contributed by atoms with E-state index in [9.17, 15) is 0 Å². The second-order valence-electron chi connectivity index (χ2n) is 5.85. The molecule has 2 heterocycles. The second kappa shape index (κ2) is 6.07. The Labute approximate surface area is 124 Å². The molecule has 7 heteroatoms. The fourth-order valence-electron chi connectivity index (χ4n) is 1.80. The Morgan fingerprint density at radius 2 is 1.81 bits per heavy atom. The molecule has 0 aliphatic carbocycles. The van der Waals surface area contributed by atoms with Gasteiger partial charge in [-0.2, -0.15) is 4.98 Å². The number of nitrogens with zero attached hydrogens (tertiary/aromatic N) is 4. The van der Waals surface area contributed by atoms with Crippen molar-refractivity contribution in [3.63, 3.8) is 0 Å². The SMILES string of the molecule is CCNc1nc(C(C)(C)C)nc(NCc2ncon2)c1C. The topological polar surface area (TPSA) is 88.8 Å². The Kier molecular flexibility index (Phi) is 4.40. The van der Waals surface area contributed by atoms with Crippen molar-refractivity contribution in [1.29, 1.82) is 0 Å². The van der Waals surface area contributed by atoms with Gasteiger partial charge in [0.05, 0.1) is 6.54 Å². The normalized spacial score (nSPS) is 11.5. The standard InChI is InChI=1S/C14H22N6O/c1-6-15-11-9(2)12(16-7-10-17-8-21-20-10)19-13(18-11)14(3,4)5/h8H,6-7H2,1-5H3,(H2,15,16,18,19). The van der Waals surface area contributed by atoms with Crippen molar-refractivity contribution < 1.29 is 4.52 Å². The first-order chi connectivity index (χ1) is 9.91. The lowest BCUT2D eigenvalue weighted by Crippen LogP contribution is -2.20. The minimum atomic E-state index is -0.125. The average molecular weight is 290 g/mol. The van der Waals surface area contributed by atoms with Gasteiger partial charge < -0.3 is 15.2 Å². The van der Waals surface area contributed by atoms with Crippen LogP contribution in [0.4, 0.5) is 11.6 Å². The maximum absolute atomic E-state index is 4.73. The number of hydrogen-bond acceptors (Lipinski definition) is 7. The van der Waals surface area contributed by atoms with Crippen molar-refractivity contribution >= 4 is 11.6 Å². The molecule has 0 spiro atoms. The smallest absolute Gasteiger partial charge is 0.213 e. The maximum Gasteiger partial charge on any atom is 0.213 e. The van der Waals surface area contributed by atoms with E-state index in [1.807, 2.05) is 13.8 Å². The van der Waals surface area contributed by atoms with Gasteiger partial charge in [-0.05, 0) is 13.8 Å². The van der Waals surface area contributed by atoms with Crippen LogP contribution in [-0.4, -0.2) is 26.7 Å². The van der Waals surface area contributed by atoms with Crippen molar-refractivity contribution in [2.24, 2.45) is 0 Å². The molecule has 0 atom stereocenters. The van der Waals surface area contributed by atoms with Crippen LogP contribution in [0.25, 0.3) is 0 Å². The third kappa shape index (κ3) is 3.68. The van der Waals surface area contributed by atoms with Gasteiger partial charge in [-0.25, -0.2) is 9.97 Å². The summed E-state index contributed by atoms with van der Waals surface area (Å²) in [6.45, 7) is 11.6. The van der Waals surface area contributed by atoms with Crippen LogP contribution in [-0.2, 0) is 12.0 Å². The average Bonchev–Trinajstić information content (AvgIpc) is 2.91. The first kappa shape index (κ1) is 15.2. The summed E-state index contributed by atoms with van der Waals surface area (Å²) in [6.07, 6.45) is 1.31. The highest BCUT2D eigenvalue weighted by atomic mass is 16.5. The highest BCUT2D eigenvalue weighted by Crippen LogP contribution is 2.26. The molecule has 21 heavy (non-hydrogen) atoms. The van der Waals surface area contributed by atoms with E-state index in [1.165, 1.54) is 6.39 Å². The Morgan fingerprint density at radius 3 is 2.33 bits per heavy atom. The summed E-state index contributed by atoms with van der Waals surface area (Å²) in [5.41, 5.74) is 0.855. The lowest BCUT2D eigenvalue weighted by atomic mass is 9.95. The van der Waals surface area contributed by atoms with Crippen LogP contribution in [0.15, 0.2) is 10.9 Å². The molecule has 0 saturated carbocycles. The van der Waals surface area contributed by atoms with Gasteiger partial charge in [-0.3, -0.25) is 0 Å². The van der Waals surface area contributed by atoms with E-state index in [2.05, 4.69) is 51.5 Å². The number of rotatable bonds is 5. The van der Waals surface area contributed by atoms with Gasteiger partial charge in [0, 0.05) is 17.5 Å². The summed E-state index contributed by atoms with van der Waals surface area (Å²) in [5, 5.41) is 10.3. The van der Waals surface area contributed by atoms with Crippen molar-refractivity contribution in [3.8, 4) is 0 Å². The summed E-state index contributed by atoms with van der Waals surface area (Å²) >= 11 is 0. The molecule has 0 unspecified atom stereocenters. The van der Waals surface area contributed by atoms with E-state index in [0.717, 1.165) is 29.6 Å². The number of aromatic nitrogens is 4. The van der Waals surface area contributed by atoms with E-state index < -0.39 is 0 Å². The van der Waals surface area contributed by atoms with Gasteiger partial charge in [-0.15, -0.1) is 0 Å². The van der Waals surface area contributed by atoms with Crippen LogP contribution in [0, 0.1) is 6.92 Å². The molecule has 0 aromatic carbocycles. The number of hydrogen-bond donors (Lipinski definition) is 2. The molecule has 2 aromatic rings. The molecule has 0 saturated heterocycles. The van der Waals surface area contributed by atoms with Crippen LogP contribution in [0.3, 0.4) is 0 Å². The predicted octanol–water partition coefficient (Wildman–Crippen LogP) is 2.51. The van der Waals surface area contributed by atoms with E-state index in [4.69, 9.17) is 4.52 Å². The van der Waals surface area contributed by atoms with Gasteiger partial charge in [0.15, 0.2) is 5.82 Å². The Bertz CT molecular complexity index is 588. The highest BCUT2D eigenvalue weighted by molar-refractivity contribution is 5.57. The van der Waals surface area contributed by atoms with Crippen LogP contribution < -0.4 is 10.6 Å². The summed E-state index contributed by atoms with van der Waals surface area (Å²) in [7, 11) is 0. The molecule has 0 aliphatic heterocycles. The molecule has 0 fully saturated rings. The Hall–Kier alpha value is -2.18. The molecule has 2 rings (SSSR count). The van der Waals surface area contributed by atoms with Crippen LogP contribution in [0.1, 0.15) is 44.9 Å². The Morgan fingerprint density at radius 1 is 1.14 bits per heavy atom. The molecule has 0 aliphatic rings. The molecule has 7 nitrogen and oxygen atoms in total. The molecule has 2 aromatic heterocycles. The fourth-order valence-corrected chi connectivity index (χ4v) is 1.80. The lowest BCUT2D eigenvalue weighted by Gasteiger charge is -2.21. The quantitative estimate of drug-likeness (QED) is 0.874. The second-order valence-corrected chi connectivity index (χ2v) is 5.85. The van der Waals surface area contributed by atoms with E-state index in [-0.39, 0.29) is 5.41 Å². The van der Waals surface area contributed by atoms with E-state index in [1.54, 1.807) is 0 Å². The minimum absolute atomic E-state index is 0.125. The summed E-state index contributed by atoms with van der Waals surface area (Å²) in [6, 6.07) is 0. The Balaban J connectivity index is 2.31. The zero-order valence-electron chi connectivity index (χ0n) is 13.2. The zero-order chi connectivity index (χ0) is 15.5. The van der Waals surface area contributed by atoms with Gasteiger partial charge in [0.25, 0.3) is 0 Å². The first-order valence-corrected chi connectivity index (χ1v) is 7.04. The van der Waals surface area contributed by atoms with E-state index in [0.29, 0.717) is 12.4 Å². The highest BCUT2D eigenvalue weighted by Gasteiger charge is 2.21. The lowest BCUT2D eigenvalue weighted by molar-refractivity contribution is 0.411. The molecule has 0 bridgehead atoms. The third-order valence-electron chi connectivity index (χ3n) is 2.98. The van der Waals surface area contributed by atoms with Crippen molar-refractivity contribution in [2.75, 3.05) is 17.2 Å². The molecule has 0 radical (unpaired) electrons. The van der Waals surface area contributed by atoms with Gasteiger partial charge in [0.1, 0.15) is 17.5 Å². The van der Waals surface area contributed by atoms with Crippen LogP contribution >= 0.6 is 0 Å². The summed E-state index contributed by atoms with van der Waals surface area (Å²) in [4.78, 5) is 13.3. The zero-order valence-corrected chi connectivity index (χ0v) is 13.2. The summed E-state index contributed by atoms with van der Waals surface area (Å²) < 4.78 is 4.73. The third-order valence-corrected chi connectivity index (χ3v) is 2.98. The van der Waals surface area contributed by atoms with Gasteiger partial charge in [-0.1, -0.05) is 25.9 Å². The maximum atomic E-state index is 4.73. The van der Waals surface area contributed by atoms with Crippen molar-refractivity contribution in [1.82, 2.24) is 20.1 Å². The first-order valence-electron chi connectivity index (χ1n) is 7.04. The molecule has 0 amide bonds.